The summed E-state index contributed by atoms with van der Waals surface area (Å²) < 4.78 is 27.3. The summed E-state index contributed by atoms with van der Waals surface area (Å²) in [5, 5.41) is 8.62. The first kappa shape index (κ1) is 14.7. The first-order chi connectivity index (χ1) is 8.91. The molecular weight excluding hydrogens is 270 g/mol. The lowest BCUT2D eigenvalue weighted by Crippen LogP contribution is -2.55. The van der Waals surface area contributed by atoms with Gasteiger partial charge >= 0.3 is 5.97 Å². The van der Waals surface area contributed by atoms with Crippen LogP contribution in [0.1, 0.15) is 19.3 Å². The summed E-state index contributed by atoms with van der Waals surface area (Å²) >= 11 is 0. The van der Waals surface area contributed by atoms with Crippen LogP contribution in [0.4, 0.5) is 0 Å². The maximum Gasteiger partial charge on any atom is 0.304 e. The van der Waals surface area contributed by atoms with Gasteiger partial charge in [-0.1, -0.05) is 0 Å². The van der Waals surface area contributed by atoms with Crippen molar-refractivity contribution in [1.82, 2.24) is 13.5 Å². The van der Waals surface area contributed by atoms with Gasteiger partial charge in [0.25, 0.3) is 10.2 Å². The first-order valence-corrected chi connectivity index (χ1v) is 7.98. The lowest BCUT2D eigenvalue weighted by Gasteiger charge is -2.38. The van der Waals surface area contributed by atoms with E-state index in [1.807, 2.05) is 0 Å². The molecule has 2 rings (SSSR count). The highest BCUT2D eigenvalue weighted by Gasteiger charge is 2.37. The highest BCUT2D eigenvalue weighted by molar-refractivity contribution is 7.86. The van der Waals surface area contributed by atoms with E-state index in [4.69, 9.17) is 5.11 Å². The van der Waals surface area contributed by atoms with Crippen molar-refractivity contribution in [3.05, 3.63) is 0 Å². The van der Waals surface area contributed by atoms with Crippen LogP contribution in [-0.4, -0.2) is 78.8 Å². The van der Waals surface area contributed by atoms with Gasteiger partial charge in [0.2, 0.25) is 0 Å². The van der Waals surface area contributed by atoms with E-state index >= 15 is 0 Å². The van der Waals surface area contributed by atoms with Gasteiger partial charge < -0.3 is 5.11 Å². The molecule has 2 aliphatic heterocycles. The van der Waals surface area contributed by atoms with Crippen LogP contribution >= 0.6 is 0 Å². The van der Waals surface area contributed by atoms with E-state index in [9.17, 15) is 13.2 Å². The Morgan fingerprint density at radius 2 is 2.11 bits per heavy atom. The van der Waals surface area contributed by atoms with Crippen LogP contribution in [-0.2, 0) is 15.0 Å². The van der Waals surface area contributed by atoms with Crippen LogP contribution in [0.15, 0.2) is 0 Å². The molecule has 2 fully saturated rings. The molecule has 19 heavy (non-hydrogen) atoms. The zero-order chi connectivity index (χ0) is 14.0. The summed E-state index contributed by atoms with van der Waals surface area (Å²) in [4.78, 5) is 12.9. The molecule has 1 N–H and O–H groups in total. The SMILES string of the molecule is CN(CCC(=O)O)S(=O)(=O)N1CCN2CCCC2C1. The topological polar surface area (TPSA) is 81.2 Å². The second kappa shape index (κ2) is 5.74. The van der Waals surface area contributed by atoms with Crippen LogP contribution in [0.25, 0.3) is 0 Å². The summed E-state index contributed by atoms with van der Waals surface area (Å²) in [6.45, 7) is 2.88. The summed E-state index contributed by atoms with van der Waals surface area (Å²) in [5.41, 5.74) is 0. The number of hydrogen-bond acceptors (Lipinski definition) is 4. The summed E-state index contributed by atoms with van der Waals surface area (Å²) in [6.07, 6.45) is 2.01. The zero-order valence-electron chi connectivity index (χ0n) is 11.2. The molecule has 0 amide bonds. The van der Waals surface area contributed by atoms with Crippen LogP contribution < -0.4 is 0 Å². The minimum Gasteiger partial charge on any atom is -0.481 e. The van der Waals surface area contributed by atoms with E-state index in [1.165, 1.54) is 11.4 Å². The van der Waals surface area contributed by atoms with Crippen LogP contribution in [0.3, 0.4) is 0 Å². The molecule has 0 saturated carbocycles. The van der Waals surface area contributed by atoms with Crippen molar-refractivity contribution in [3.63, 3.8) is 0 Å². The van der Waals surface area contributed by atoms with E-state index in [2.05, 4.69) is 4.90 Å². The van der Waals surface area contributed by atoms with E-state index in [0.717, 1.165) is 30.2 Å². The average Bonchev–Trinajstić information content (AvgIpc) is 2.82. The van der Waals surface area contributed by atoms with Crippen LogP contribution in [0.2, 0.25) is 0 Å². The van der Waals surface area contributed by atoms with Gasteiger partial charge in [0.05, 0.1) is 6.42 Å². The Hall–Kier alpha value is -0.700. The monoisotopic (exact) mass is 291 g/mol. The molecule has 0 aromatic carbocycles. The molecule has 0 bridgehead atoms. The predicted molar refractivity (Wildman–Crippen MR) is 70.0 cm³/mol. The van der Waals surface area contributed by atoms with E-state index in [0.29, 0.717) is 19.1 Å². The molecule has 0 radical (unpaired) electrons. The third kappa shape index (κ3) is 3.25. The Morgan fingerprint density at radius 1 is 1.37 bits per heavy atom. The summed E-state index contributed by atoms with van der Waals surface area (Å²) in [7, 11) is -2.08. The molecule has 0 aromatic heterocycles. The number of carboxylic acids is 1. The van der Waals surface area contributed by atoms with Crippen molar-refractivity contribution < 1.29 is 18.3 Å². The van der Waals surface area contributed by atoms with Gasteiger partial charge in [-0.2, -0.15) is 17.0 Å². The number of piperazine rings is 1. The second-order valence-corrected chi connectivity index (χ2v) is 7.20. The fourth-order valence-corrected chi connectivity index (χ4v) is 4.13. The van der Waals surface area contributed by atoms with Crippen molar-refractivity contribution >= 4 is 16.2 Å². The fourth-order valence-electron chi connectivity index (χ4n) is 2.74. The van der Waals surface area contributed by atoms with Crippen molar-refractivity contribution in [3.8, 4) is 0 Å². The number of fused-ring (bicyclic) bond motifs is 1. The maximum atomic E-state index is 12.3. The van der Waals surface area contributed by atoms with Gasteiger partial charge in [-0.05, 0) is 19.4 Å². The molecule has 0 aliphatic carbocycles. The first-order valence-electron chi connectivity index (χ1n) is 6.58. The highest BCUT2D eigenvalue weighted by atomic mass is 32.2. The molecule has 110 valence electrons. The Bertz CT molecular complexity index is 439. The minimum absolute atomic E-state index is 0.0164. The zero-order valence-corrected chi connectivity index (χ0v) is 12.0. The lowest BCUT2D eigenvalue weighted by molar-refractivity contribution is -0.137. The Labute approximate surface area is 114 Å². The number of carboxylic acid groups (broad SMARTS) is 1. The lowest BCUT2D eigenvalue weighted by atomic mass is 10.2. The number of hydrogen-bond donors (Lipinski definition) is 1. The molecule has 0 spiro atoms. The molecular formula is C11H21N3O4S. The quantitative estimate of drug-likeness (QED) is 0.733. The molecule has 2 aliphatic rings. The maximum absolute atomic E-state index is 12.3. The largest absolute Gasteiger partial charge is 0.481 e. The van der Waals surface area contributed by atoms with Crippen molar-refractivity contribution in [1.29, 1.82) is 0 Å². The standard InChI is InChI=1S/C11H21N3O4S/c1-12(6-4-11(15)16)19(17,18)14-8-7-13-5-2-3-10(13)9-14/h10H,2-9H2,1H3,(H,15,16). The Kier molecular flexibility index (Phi) is 4.44. The minimum atomic E-state index is -3.52. The van der Waals surface area contributed by atoms with Gasteiger partial charge in [-0.15, -0.1) is 0 Å². The molecule has 8 heteroatoms. The van der Waals surface area contributed by atoms with Crippen molar-refractivity contribution in [2.45, 2.75) is 25.3 Å². The van der Waals surface area contributed by atoms with Gasteiger partial charge in [-0.3, -0.25) is 9.69 Å². The highest BCUT2D eigenvalue weighted by Crippen LogP contribution is 2.23. The second-order valence-electron chi connectivity index (χ2n) is 5.16. The molecule has 1 atom stereocenters. The van der Waals surface area contributed by atoms with Crippen LogP contribution in [0.5, 0.6) is 0 Å². The molecule has 0 aromatic rings. The van der Waals surface area contributed by atoms with Gasteiger partial charge in [-0.25, -0.2) is 0 Å². The molecule has 2 heterocycles. The Balaban J connectivity index is 1.97. The van der Waals surface area contributed by atoms with E-state index < -0.39 is 16.2 Å². The van der Waals surface area contributed by atoms with Gasteiger partial charge in [0.1, 0.15) is 0 Å². The molecule has 1 unspecified atom stereocenters. The summed E-state index contributed by atoms with van der Waals surface area (Å²) in [6, 6.07) is 0.330. The number of aliphatic carboxylic acids is 1. The number of rotatable bonds is 5. The van der Waals surface area contributed by atoms with Gasteiger partial charge in [0, 0.05) is 39.3 Å². The van der Waals surface area contributed by atoms with Crippen LogP contribution in [0, 0.1) is 0 Å². The van der Waals surface area contributed by atoms with Crippen molar-refractivity contribution in [2.75, 3.05) is 39.8 Å². The summed E-state index contributed by atoms with van der Waals surface area (Å²) in [5.74, 6) is -0.984. The van der Waals surface area contributed by atoms with E-state index in [-0.39, 0.29) is 13.0 Å². The number of nitrogens with zero attached hydrogens (tertiary/aromatic N) is 3. The average molecular weight is 291 g/mol. The normalized spacial score (nSPS) is 25.7. The smallest absolute Gasteiger partial charge is 0.304 e. The third-order valence-corrected chi connectivity index (χ3v) is 5.87. The molecule has 7 nitrogen and oxygen atoms in total. The molecule has 2 saturated heterocycles. The van der Waals surface area contributed by atoms with E-state index in [1.54, 1.807) is 0 Å². The van der Waals surface area contributed by atoms with Gasteiger partial charge in [0.15, 0.2) is 0 Å². The third-order valence-electron chi connectivity index (χ3n) is 3.91. The number of carbonyl (C=O) groups is 1. The predicted octanol–water partition coefficient (Wildman–Crippen LogP) is -0.582. The van der Waals surface area contributed by atoms with Crippen molar-refractivity contribution in [2.24, 2.45) is 0 Å². The fraction of sp³-hybridized carbons (Fsp3) is 0.909. The Morgan fingerprint density at radius 3 is 2.79 bits per heavy atom.